The van der Waals surface area contributed by atoms with Crippen LogP contribution in [0.5, 0.6) is 5.75 Å². The second-order valence-corrected chi connectivity index (χ2v) is 5.36. The number of benzene rings is 1. The molecule has 0 bridgehead atoms. The molecule has 0 aliphatic rings. The van der Waals surface area contributed by atoms with E-state index in [1.165, 1.54) is 0 Å². The van der Waals surface area contributed by atoms with Crippen molar-refractivity contribution in [2.45, 2.75) is 26.9 Å². The third kappa shape index (κ3) is 2.87. The van der Waals surface area contributed by atoms with Crippen molar-refractivity contribution in [3.8, 4) is 17.0 Å². The van der Waals surface area contributed by atoms with Crippen LogP contribution in [0.3, 0.4) is 0 Å². The number of rotatable bonds is 3. The first-order chi connectivity index (χ1) is 10.1. The molecule has 3 nitrogen and oxygen atoms in total. The Labute approximate surface area is 124 Å². The van der Waals surface area contributed by atoms with Crippen molar-refractivity contribution in [3.05, 3.63) is 54.2 Å². The van der Waals surface area contributed by atoms with Crippen LogP contribution >= 0.6 is 0 Å². The van der Waals surface area contributed by atoms with Crippen LogP contribution in [-0.4, -0.2) is 16.1 Å². The average Bonchev–Trinajstić information content (AvgIpc) is 2.47. The first kappa shape index (κ1) is 13.6. The fourth-order valence-electron chi connectivity index (χ4n) is 2.28. The van der Waals surface area contributed by atoms with Gasteiger partial charge in [0.25, 0.3) is 0 Å². The lowest BCUT2D eigenvalue weighted by Gasteiger charge is -2.14. The molecule has 2 heterocycles. The fraction of sp³-hybridized carbons (Fsp3) is 0.222. The predicted molar refractivity (Wildman–Crippen MR) is 85.5 cm³/mol. The van der Waals surface area contributed by atoms with Crippen LogP contribution in [-0.2, 0) is 0 Å². The van der Waals surface area contributed by atoms with Crippen molar-refractivity contribution in [1.29, 1.82) is 0 Å². The average molecular weight is 278 g/mol. The summed E-state index contributed by atoms with van der Waals surface area (Å²) in [7, 11) is 0. The Morgan fingerprint density at radius 3 is 2.43 bits per heavy atom. The quantitative estimate of drug-likeness (QED) is 0.712. The molecule has 1 aromatic carbocycles. The molecule has 0 N–H and O–H groups in total. The van der Waals surface area contributed by atoms with Crippen molar-refractivity contribution < 1.29 is 4.74 Å². The monoisotopic (exact) mass is 278 g/mol. The number of aryl methyl sites for hydroxylation is 1. The van der Waals surface area contributed by atoms with Crippen LogP contribution in [0, 0.1) is 6.92 Å². The topological polar surface area (TPSA) is 35.0 Å². The number of fused-ring (bicyclic) bond motifs is 1. The normalized spacial score (nSPS) is 11.0. The lowest BCUT2D eigenvalue weighted by atomic mass is 10.1. The van der Waals surface area contributed by atoms with Gasteiger partial charge in [0.2, 0.25) is 0 Å². The standard InChI is InChI=1S/C18H18N2O/c1-12(2)21-17-11-16(14-7-5-4-6-8-14)20-18-15(17)10-9-13(3)19-18/h4-12H,1-3H3. The summed E-state index contributed by atoms with van der Waals surface area (Å²) in [6, 6.07) is 16.1. The molecule has 0 aliphatic heterocycles. The molecule has 0 unspecified atom stereocenters. The Balaban J connectivity index is 2.22. The molecule has 2 aromatic heterocycles. The van der Waals surface area contributed by atoms with E-state index in [0.717, 1.165) is 33.7 Å². The number of ether oxygens (including phenoxy) is 1. The second kappa shape index (κ2) is 5.52. The minimum Gasteiger partial charge on any atom is -0.490 e. The SMILES string of the molecule is Cc1ccc2c(OC(C)C)cc(-c3ccccc3)nc2n1. The van der Waals surface area contributed by atoms with E-state index in [1.807, 2.05) is 69.3 Å². The van der Waals surface area contributed by atoms with Gasteiger partial charge in [-0.2, -0.15) is 0 Å². The van der Waals surface area contributed by atoms with Gasteiger partial charge in [-0.05, 0) is 32.9 Å². The van der Waals surface area contributed by atoms with Gasteiger partial charge in [-0.3, -0.25) is 0 Å². The molecule has 0 fully saturated rings. The number of hydrogen-bond donors (Lipinski definition) is 0. The zero-order chi connectivity index (χ0) is 14.8. The molecular weight excluding hydrogens is 260 g/mol. The molecule has 106 valence electrons. The summed E-state index contributed by atoms with van der Waals surface area (Å²) < 4.78 is 5.95. The Bertz CT molecular complexity index is 767. The summed E-state index contributed by atoms with van der Waals surface area (Å²) in [5, 5.41) is 0.953. The second-order valence-electron chi connectivity index (χ2n) is 5.36. The Hall–Kier alpha value is -2.42. The predicted octanol–water partition coefficient (Wildman–Crippen LogP) is 4.39. The summed E-state index contributed by atoms with van der Waals surface area (Å²) in [6.45, 7) is 6.02. The molecule has 0 radical (unpaired) electrons. The van der Waals surface area contributed by atoms with E-state index in [2.05, 4.69) is 9.97 Å². The first-order valence-electron chi connectivity index (χ1n) is 7.14. The molecule has 0 saturated heterocycles. The summed E-state index contributed by atoms with van der Waals surface area (Å²) in [4.78, 5) is 9.22. The van der Waals surface area contributed by atoms with Gasteiger partial charge in [0.1, 0.15) is 5.75 Å². The highest BCUT2D eigenvalue weighted by Gasteiger charge is 2.11. The molecule has 3 rings (SSSR count). The summed E-state index contributed by atoms with van der Waals surface area (Å²) in [5.74, 6) is 0.835. The van der Waals surface area contributed by atoms with Crippen molar-refractivity contribution in [3.63, 3.8) is 0 Å². The van der Waals surface area contributed by atoms with Gasteiger partial charge in [-0.1, -0.05) is 30.3 Å². The van der Waals surface area contributed by atoms with Crippen LogP contribution < -0.4 is 4.74 Å². The van der Waals surface area contributed by atoms with Gasteiger partial charge in [-0.25, -0.2) is 9.97 Å². The Morgan fingerprint density at radius 2 is 1.71 bits per heavy atom. The van der Waals surface area contributed by atoms with Gasteiger partial charge in [0, 0.05) is 17.3 Å². The van der Waals surface area contributed by atoms with Gasteiger partial charge in [0.15, 0.2) is 5.65 Å². The third-order valence-electron chi connectivity index (χ3n) is 3.21. The highest BCUT2D eigenvalue weighted by atomic mass is 16.5. The lowest BCUT2D eigenvalue weighted by molar-refractivity contribution is 0.245. The van der Waals surface area contributed by atoms with E-state index in [9.17, 15) is 0 Å². The van der Waals surface area contributed by atoms with E-state index in [-0.39, 0.29) is 6.10 Å². The largest absolute Gasteiger partial charge is 0.490 e. The molecule has 0 aliphatic carbocycles. The van der Waals surface area contributed by atoms with E-state index >= 15 is 0 Å². The summed E-state index contributed by atoms with van der Waals surface area (Å²) >= 11 is 0. The maximum absolute atomic E-state index is 5.95. The molecule has 0 spiro atoms. The lowest BCUT2D eigenvalue weighted by Crippen LogP contribution is -2.07. The van der Waals surface area contributed by atoms with Gasteiger partial charge >= 0.3 is 0 Å². The highest BCUT2D eigenvalue weighted by Crippen LogP contribution is 2.30. The number of hydrogen-bond acceptors (Lipinski definition) is 3. The zero-order valence-electron chi connectivity index (χ0n) is 12.5. The van der Waals surface area contributed by atoms with E-state index in [4.69, 9.17) is 4.74 Å². The van der Waals surface area contributed by atoms with Crippen molar-refractivity contribution >= 4 is 11.0 Å². The molecule has 0 atom stereocenters. The Kier molecular flexibility index (Phi) is 3.57. The molecular formula is C18H18N2O. The smallest absolute Gasteiger partial charge is 0.163 e. The van der Waals surface area contributed by atoms with Crippen LogP contribution in [0.1, 0.15) is 19.5 Å². The third-order valence-corrected chi connectivity index (χ3v) is 3.21. The van der Waals surface area contributed by atoms with Crippen LogP contribution in [0.15, 0.2) is 48.5 Å². The zero-order valence-corrected chi connectivity index (χ0v) is 12.5. The van der Waals surface area contributed by atoms with Crippen LogP contribution in [0.25, 0.3) is 22.3 Å². The van der Waals surface area contributed by atoms with E-state index in [0.29, 0.717) is 0 Å². The highest BCUT2D eigenvalue weighted by molar-refractivity contribution is 5.85. The molecule has 3 heteroatoms. The minimum absolute atomic E-state index is 0.112. The fourth-order valence-corrected chi connectivity index (χ4v) is 2.28. The van der Waals surface area contributed by atoms with E-state index in [1.54, 1.807) is 0 Å². The van der Waals surface area contributed by atoms with Gasteiger partial charge < -0.3 is 4.74 Å². The first-order valence-corrected chi connectivity index (χ1v) is 7.14. The Morgan fingerprint density at radius 1 is 0.952 bits per heavy atom. The number of pyridine rings is 2. The van der Waals surface area contributed by atoms with Crippen molar-refractivity contribution in [2.75, 3.05) is 0 Å². The number of aromatic nitrogens is 2. The maximum atomic E-state index is 5.95. The van der Waals surface area contributed by atoms with Crippen LogP contribution in [0.4, 0.5) is 0 Å². The van der Waals surface area contributed by atoms with Gasteiger partial charge in [-0.15, -0.1) is 0 Å². The molecule has 21 heavy (non-hydrogen) atoms. The number of nitrogens with zero attached hydrogens (tertiary/aromatic N) is 2. The molecule has 0 saturated carbocycles. The van der Waals surface area contributed by atoms with Crippen molar-refractivity contribution in [2.24, 2.45) is 0 Å². The molecule has 3 aromatic rings. The molecule has 0 amide bonds. The van der Waals surface area contributed by atoms with E-state index < -0.39 is 0 Å². The van der Waals surface area contributed by atoms with Gasteiger partial charge in [0.05, 0.1) is 17.2 Å². The van der Waals surface area contributed by atoms with Crippen molar-refractivity contribution in [1.82, 2.24) is 9.97 Å². The van der Waals surface area contributed by atoms with Crippen LogP contribution in [0.2, 0.25) is 0 Å². The maximum Gasteiger partial charge on any atom is 0.163 e. The summed E-state index contributed by atoms with van der Waals surface area (Å²) in [5.41, 5.74) is 3.64. The summed E-state index contributed by atoms with van der Waals surface area (Å²) in [6.07, 6.45) is 0.112. The minimum atomic E-state index is 0.112.